The number of allylic oxidation sites excluding steroid dienone is 1. The summed E-state index contributed by atoms with van der Waals surface area (Å²) in [5.41, 5.74) is 2.66. The predicted molar refractivity (Wildman–Crippen MR) is 185 cm³/mol. The number of carbonyl (C=O) groups excluding carboxylic acids is 3. The third-order valence-corrected chi connectivity index (χ3v) is 9.89. The number of piperidine rings is 2. The van der Waals surface area contributed by atoms with Crippen molar-refractivity contribution in [2.75, 3.05) is 49.5 Å². The summed E-state index contributed by atoms with van der Waals surface area (Å²) >= 11 is 1.42. The van der Waals surface area contributed by atoms with Crippen LogP contribution in [0.15, 0.2) is 67.3 Å². The quantitative estimate of drug-likeness (QED) is 0.164. The number of nitrogens with one attached hydrogen (secondary N) is 2. The summed E-state index contributed by atoms with van der Waals surface area (Å²) in [7, 11) is 0. The molecule has 2 aliphatic rings. The van der Waals surface area contributed by atoms with Gasteiger partial charge >= 0.3 is 0 Å². The number of benzene rings is 2. The SMILES string of the molecule is C=CCCC(=O)N1CCC(CNC(=O)c2ccc(COCCC3CCN(c4nnc(NC(=O)Cc5ccccc5)s4)CC3)cc2)CC1. The van der Waals surface area contributed by atoms with Crippen LogP contribution in [0.5, 0.6) is 0 Å². The average Bonchev–Trinajstić information content (AvgIpc) is 3.57. The van der Waals surface area contributed by atoms with Gasteiger partial charge < -0.3 is 25.2 Å². The van der Waals surface area contributed by atoms with E-state index in [0.717, 1.165) is 81.0 Å². The summed E-state index contributed by atoms with van der Waals surface area (Å²) in [4.78, 5) is 41.4. The largest absolute Gasteiger partial charge is 0.377 e. The second-order valence-corrected chi connectivity index (χ2v) is 13.4. The number of amides is 3. The van der Waals surface area contributed by atoms with E-state index in [1.165, 1.54) is 11.3 Å². The number of carbonyl (C=O) groups is 3. The molecule has 0 radical (unpaired) electrons. The molecule has 2 saturated heterocycles. The Hall–Kier alpha value is -4.09. The molecule has 0 spiro atoms. The Kier molecular flexibility index (Phi) is 12.9. The molecule has 2 aliphatic heterocycles. The Morgan fingerprint density at radius 3 is 2.36 bits per heavy atom. The fraction of sp³-hybridized carbons (Fsp3) is 0.472. The van der Waals surface area contributed by atoms with Gasteiger partial charge in [-0.2, -0.15) is 0 Å². The van der Waals surface area contributed by atoms with Crippen LogP contribution in [0.2, 0.25) is 0 Å². The number of nitrogens with zero attached hydrogens (tertiary/aromatic N) is 4. The molecule has 1 aromatic heterocycles. The second kappa shape index (κ2) is 17.7. The number of likely N-dealkylation sites (tertiary alicyclic amines) is 1. The standard InChI is InChI=1S/C36H46N6O4S/c1-2-3-9-33(44)41-19-16-29(17-20-41)25-37-34(45)31-12-10-30(11-13-31)26-46-23-18-27-14-21-42(22-15-27)36-40-39-35(47-36)38-32(43)24-28-7-5-4-6-8-28/h2,4-8,10-13,27,29H,1,3,9,14-26H2,(H,37,45)(H,38,39,43). The van der Waals surface area contributed by atoms with Crippen molar-refractivity contribution in [1.82, 2.24) is 20.4 Å². The molecule has 5 rings (SSSR count). The van der Waals surface area contributed by atoms with Crippen LogP contribution in [0.1, 0.15) is 66.4 Å². The molecule has 250 valence electrons. The molecule has 0 bridgehead atoms. The predicted octanol–water partition coefficient (Wildman–Crippen LogP) is 5.48. The first kappa shape index (κ1) is 34.3. The first-order valence-electron chi connectivity index (χ1n) is 16.7. The number of ether oxygens (including phenoxy) is 1. The molecule has 0 atom stereocenters. The zero-order valence-corrected chi connectivity index (χ0v) is 27.9. The lowest BCUT2D eigenvalue weighted by Crippen LogP contribution is -2.41. The van der Waals surface area contributed by atoms with E-state index in [1.54, 1.807) is 6.08 Å². The third kappa shape index (κ3) is 10.7. The summed E-state index contributed by atoms with van der Waals surface area (Å²) in [6.07, 6.45) is 8.30. The highest BCUT2D eigenvalue weighted by atomic mass is 32.1. The Balaban J connectivity index is 0.930. The summed E-state index contributed by atoms with van der Waals surface area (Å²) in [5.74, 6) is 1.03. The van der Waals surface area contributed by atoms with Crippen LogP contribution in [-0.4, -0.2) is 72.1 Å². The number of anilines is 2. The Morgan fingerprint density at radius 1 is 0.915 bits per heavy atom. The first-order chi connectivity index (χ1) is 23.0. The van der Waals surface area contributed by atoms with Crippen molar-refractivity contribution in [3.8, 4) is 0 Å². The highest BCUT2D eigenvalue weighted by molar-refractivity contribution is 7.19. The minimum absolute atomic E-state index is 0.0640. The molecule has 47 heavy (non-hydrogen) atoms. The summed E-state index contributed by atoms with van der Waals surface area (Å²) in [5, 5.41) is 15.8. The van der Waals surface area contributed by atoms with Gasteiger partial charge in [0.1, 0.15) is 0 Å². The minimum Gasteiger partial charge on any atom is -0.377 e. The first-order valence-corrected chi connectivity index (χ1v) is 17.5. The maximum absolute atomic E-state index is 12.7. The van der Waals surface area contributed by atoms with Gasteiger partial charge in [-0.3, -0.25) is 14.4 Å². The fourth-order valence-corrected chi connectivity index (χ4v) is 6.87. The molecular formula is C36H46N6O4S. The number of hydrogen-bond donors (Lipinski definition) is 2. The van der Waals surface area contributed by atoms with Crippen LogP contribution in [0.4, 0.5) is 10.3 Å². The van der Waals surface area contributed by atoms with Crippen LogP contribution < -0.4 is 15.5 Å². The molecule has 2 aromatic carbocycles. The Labute approximate surface area is 281 Å². The van der Waals surface area contributed by atoms with E-state index >= 15 is 0 Å². The van der Waals surface area contributed by atoms with Crippen LogP contribution >= 0.6 is 11.3 Å². The van der Waals surface area contributed by atoms with E-state index in [0.29, 0.717) is 55.1 Å². The third-order valence-electron chi connectivity index (χ3n) is 8.99. The number of aromatic nitrogens is 2. The lowest BCUT2D eigenvalue weighted by Gasteiger charge is -2.32. The monoisotopic (exact) mass is 658 g/mol. The molecule has 11 heteroatoms. The molecule has 0 saturated carbocycles. The molecule has 3 heterocycles. The van der Waals surface area contributed by atoms with E-state index < -0.39 is 0 Å². The van der Waals surface area contributed by atoms with Crippen molar-refractivity contribution in [3.05, 3.63) is 83.9 Å². The van der Waals surface area contributed by atoms with E-state index in [2.05, 4.69) is 32.3 Å². The molecule has 2 N–H and O–H groups in total. The topological polar surface area (TPSA) is 117 Å². The van der Waals surface area contributed by atoms with E-state index in [9.17, 15) is 14.4 Å². The normalized spacial score (nSPS) is 15.7. The van der Waals surface area contributed by atoms with Crippen molar-refractivity contribution in [1.29, 1.82) is 0 Å². The van der Waals surface area contributed by atoms with Gasteiger partial charge in [0.05, 0.1) is 13.0 Å². The maximum atomic E-state index is 12.7. The summed E-state index contributed by atoms with van der Waals surface area (Å²) in [6, 6.07) is 17.3. The van der Waals surface area contributed by atoms with Gasteiger partial charge in [-0.15, -0.1) is 16.8 Å². The lowest BCUT2D eigenvalue weighted by molar-refractivity contribution is -0.132. The smallest absolute Gasteiger partial charge is 0.251 e. The van der Waals surface area contributed by atoms with Crippen LogP contribution in [0.3, 0.4) is 0 Å². The van der Waals surface area contributed by atoms with Crippen molar-refractivity contribution >= 4 is 39.3 Å². The van der Waals surface area contributed by atoms with Crippen molar-refractivity contribution < 1.29 is 19.1 Å². The van der Waals surface area contributed by atoms with Crippen molar-refractivity contribution in [2.24, 2.45) is 11.8 Å². The van der Waals surface area contributed by atoms with E-state index in [1.807, 2.05) is 59.5 Å². The summed E-state index contributed by atoms with van der Waals surface area (Å²) < 4.78 is 5.98. The van der Waals surface area contributed by atoms with Gasteiger partial charge in [-0.1, -0.05) is 59.9 Å². The number of rotatable bonds is 15. The highest BCUT2D eigenvalue weighted by Crippen LogP contribution is 2.29. The van der Waals surface area contributed by atoms with Gasteiger partial charge in [0.25, 0.3) is 5.91 Å². The lowest BCUT2D eigenvalue weighted by atomic mass is 9.94. The molecule has 0 aliphatic carbocycles. The summed E-state index contributed by atoms with van der Waals surface area (Å²) in [6.45, 7) is 8.88. The van der Waals surface area contributed by atoms with Crippen LogP contribution in [-0.2, 0) is 27.4 Å². The van der Waals surface area contributed by atoms with Crippen molar-refractivity contribution in [2.45, 2.75) is 58.0 Å². The zero-order valence-electron chi connectivity index (χ0n) is 27.1. The zero-order chi connectivity index (χ0) is 32.8. The molecule has 10 nitrogen and oxygen atoms in total. The Morgan fingerprint density at radius 2 is 1.64 bits per heavy atom. The maximum Gasteiger partial charge on any atom is 0.251 e. The molecule has 3 amide bonds. The fourth-order valence-electron chi connectivity index (χ4n) is 6.05. The molecular weight excluding hydrogens is 613 g/mol. The highest BCUT2D eigenvalue weighted by Gasteiger charge is 2.24. The van der Waals surface area contributed by atoms with Gasteiger partial charge in [0, 0.05) is 51.3 Å². The Bertz CT molecular complexity index is 1450. The molecule has 3 aromatic rings. The van der Waals surface area contributed by atoms with E-state index in [-0.39, 0.29) is 17.7 Å². The second-order valence-electron chi connectivity index (χ2n) is 12.4. The van der Waals surface area contributed by atoms with Gasteiger partial charge in [0.15, 0.2) is 0 Å². The van der Waals surface area contributed by atoms with Crippen LogP contribution in [0.25, 0.3) is 0 Å². The van der Waals surface area contributed by atoms with Gasteiger partial charge in [-0.25, -0.2) is 0 Å². The molecule has 0 unspecified atom stereocenters. The van der Waals surface area contributed by atoms with Gasteiger partial charge in [0.2, 0.25) is 22.1 Å². The molecule has 2 fully saturated rings. The average molecular weight is 659 g/mol. The minimum atomic E-state index is -0.0900. The van der Waals surface area contributed by atoms with Crippen LogP contribution in [0, 0.1) is 11.8 Å². The van der Waals surface area contributed by atoms with Crippen molar-refractivity contribution in [3.63, 3.8) is 0 Å². The van der Waals surface area contributed by atoms with Gasteiger partial charge in [-0.05, 0) is 73.6 Å². The van der Waals surface area contributed by atoms with E-state index in [4.69, 9.17) is 4.74 Å². The number of hydrogen-bond acceptors (Lipinski definition) is 8.